The van der Waals surface area contributed by atoms with E-state index >= 15 is 0 Å². The zero-order chi connectivity index (χ0) is 15.1. The summed E-state index contributed by atoms with van der Waals surface area (Å²) >= 11 is 0.377. The van der Waals surface area contributed by atoms with E-state index in [0.717, 1.165) is 11.6 Å². The van der Waals surface area contributed by atoms with Gasteiger partial charge in [0.25, 0.3) is 0 Å². The van der Waals surface area contributed by atoms with Crippen molar-refractivity contribution in [3.8, 4) is 17.0 Å². The van der Waals surface area contributed by atoms with Crippen molar-refractivity contribution in [1.29, 1.82) is 0 Å². The van der Waals surface area contributed by atoms with Crippen LogP contribution >= 0.6 is 0 Å². The fraction of sp³-hybridized carbons (Fsp3) is 0. The van der Waals surface area contributed by atoms with Crippen LogP contribution in [0.4, 0.5) is 10.1 Å². The Labute approximate surface area is 134 Å². The van der Waals surface area contributed by atoms with Crippen LogP contribution in [0.25, 0.3) is 22.2 Å². The van der Waals surface area contributed by atoms with Gasteiger partial charge in [0.15, 0.2) is 0 Å². The first kappa shape index (κ1) is 13.9. The number of rotatable bonds is 2. The third kappa shape index (κ3) is 2.37. The van der Waals surface area contributed by atoms with Crippen molar-refractivity contribution in [2.45, 2.75) is 0 Å². The molecule has 0 unspecified atom stereocenters. The van der Waals surface area contributed by atoms with E-state index in [1.807, 2.05) is 0 Å². The molecule has 3 rings (SSSR count). The van der Waals surface area contributed by atoms with Gasteiger partial charge in [0, 0.05) is 0 Å². The van der Waals surface area contributed by atoms with E-state index in [1.54, 1.807) is 8.56 Å². The van der Waals surface area contributed by atoms with E-state index in [1.165, 1.54) is 24.3 Å². The monoisotopic (exact) mass is 477 g/mol. The third-order valence-corrected chi connectivity index (χ3v) is 4.65. The van der Waals surface area contributed by atoms with E-state index in [2.05, 4.69) is 5.10 Å². The summed E-state index contributed by atoms with van der Waals surface area (Å²) in [5.41, 5.74) is 1.75. The number of nitro groups is 1. The van der Waals surface area contributed by atoms with Crippen molar-refractivity contribution in [3.63, 3.8) is 0 Å². The molecule has 8 heteroatoms. The Morgan fingerprint density at radius 3 is 2.71 bits per heavy atom. The third-order valence-electron chi connectivity index (χ3n) is 3.12. The van der Waals surface area contributed by atoms with Crippen molar-refractivity contribution in [1.82, 2.24) is 7.59 Å². The minimum atomic E-state index is -0.721. The number of phenols is 1. The fourth-order valence-corrected chi connectivity index (χ4v) is 3.44. The van der Waals surface area contributed by atoms with Gasteiger partial charge in [-0.3, -0.25) is 0 Å². The summed E-state index contributed by atoms with van der Waals surface area (Å²) in [6, 6.07) is 8.41. The standard InChI is InChI=1S/C13H7FN3O3.Tl/c14-10-3-1-7(5-12(10)18)13-9-6-8(17(19)20)2-4-11(9)15-16-13;/h1-6H,(H-,15,16,18);/q-1;+1. The van der Waals surface area contributed by atoms with Crippen molar-refractivity contribution >= 4 is 42.7 Å². The molecule has 0 atom stereocenters. The Hall–Kier alpha value is -2.04. The number of aromatic nitrogens is 2. The molecule has 0 bridgehead atoms. The number of nitro benzene ring substituents is 1. The number of aromatic hydroxyl groups is 1. The van der Waals surface area contributed by atoms with Gasteiger partial charge in [-0.05, 0) is 0 Å². The van der Waals surface area contributed by atoms with Gasteiger partial charge in [0.05, 0.1) is 0 Å². The molecule has 21 heavy (non-hydrogen) atoms. The van der Waals surface area contributed by atoms with Gasteiger partial charge >= 0.3 is 134 Å². The normalized spacial score (nSPS) is 10.9. The van der Waals surface area contributed by atoms with E-state index in [-0.39, 0.29) is 5.69 Å². The fourth-order valence-electron chi connectivity index (χ4n) is 2.12. The molecule has 6 nitrogen and oxygen atoms in total. The van der Waals surface area contributed by atoms with Gasteiger partial charge < -0.3 is 0 Å². The average Bonchev–Trinajstić information content (AvgIpc) is 2.79. The van der Waals surface area contributed by atoms with E-state index in [4.69, 9.17) is 0 Å². The summed E-state index contributed by atoms with van der Waals surface area (Å²) in [5, 5.41) is 25.3. The molecule has 1 heterocycles. The van der Waals surface area contributed by atoms with Crippen LogP contribution in [-0.4, -0.2) is 43.7 Å². The summed E-state index contributed by atoms with van der Waals surface area (Å²) in [5.74, 6) is -1.20. The van der Waals surface area contributed by atoms with Gasteiger partial charge in [-0.2, -0.15) is 0 Å². The summed E-state index contributed by atoms with van der Waals surface area (Å²) in [6.07, 6.45) is 0. The molecule has 1 aromatic heterocycles. The number of hydrogen-bond donors (Lipinski definition) is 1. The Bertz CT molecular complexity index is 878. The maximum atomic E-state index is 13.1. The van der Waals surface area contributed by atoms with Gasteiger partial charge in [-0.15, -0.1) is 0 Å². The second kappa shape index (κ2) is 5.06. The molecule has 3 aromatic rings. The summed E-state index contributed by atoms with van der Waals surface area (Å²) < 4.78 is 14.9. The number of hydrogen-bond acceptors (Lipinski definition) is 4. The summed E-state index contributed by atoms with van der Waals surface area (Å²) in [4.78, 5) is 10.4. The first-order chi connectivity index (χ1) is 9.97. The molecular weight excluding hydrogens is 470 g/mol. The van der Waals surface area contributed by atoms with Gasteiger partial charge in [0.2, 0.25) is 0 Å². The molecule has 1 N–H and O–H groups in total. The zero-order valence-corrected chi connectivity index (χ0v) is 15.0. The Balaban J connectivity index is 2.28. The SMILES string of the molecule is O=[N+]([O-])c1ccc2c(c1)c(-c1ccc(F)c(O)c1)n[n]2[Tl]. The predicted molar refractivity (Wildman–Crippen MR) is 74.6 cm³/mol. The molecule has 102 valence electrons. The number of halogens is 1. The first-order valence-electron chi connectivity index (χ1n) is 5.88. The van der Waals surface area contributed by atoms with Crippen molar-refractivity contribution < 1.29 is 14.4 Å². The average molecular weight is 477 g/mol. The van der Waals surface area contributed by atoms with E-state index in [9.17, 15) is 19.6 Å². The molecule has 0 aliphatic heterocycles. The molecule has 2 aromatic carbocycles. The molecule has 0 saturated carbocycles. The molecule has 0 aliphatic carbocycles. The molecular formula is C13H7FN3O3Tl. The Morgan fingerprint density at radius 1 is 1.29 bits per heavy atom. The number of fused-ring (bicyclic) bond motifs is 1. The van der Waals surface area contributed by atoms with Crippen LogP contribution in [0.15, 0.2) is 36.4 Å². The van der Waals surface area contributed by atoms with Gasteiger partial charge in [-0.1, -0.05) is 0 Å². The predicted octanol–water partition coefficient (Wildman–Crippen LogP) is 2.39. The number of benzene rings is 2. The quantitative estimate of drug-likeness (QED) is 0.350. The van der Waals surface area contributed by atoms with Crippen LogP contribution in [0, 0.1) is 15.9 Å². The second-order valence-electron chi connectivity index (χ2n) is 4.42. The molecule has 0 spiro atoms. The maximum absolute atomic E-state index is 13.1. The Kier molecular flexibility index (Phi) is 3.35. The van der Waals surface area contributed by atoms with Crippen LogP contribution in [0.5, 0.6) is 5.75 Å². The first-order valence-corrected chi connectivity index (χ1v) is 7.89. The van der Waals surface area contributed by atoms with Crippen LogP contribution in [-0.2, 0) is 0 Å². The van der Waals surface area contributed by atoms with Crippen molar-refractivity contribution in [3.05, 3.63) is 52.3 Å². The summed E-state index contributed by atoms with van der Waals surface area (Å²) in [7, 11) is 0. The van der Waals surface area contributed by atoms with Crippen molar-refractivity contribution in [2.24, 2.45) is 0 Å². The van der Waals surface area contributed by atoms with Crippen LogP contribution in [0.3, 0.4) is 0 Å². The number of non-ortho nitro benzene ring substituents is 1. The zero-order valence-electron chi connectivity index (χ0n) is 10.5. The number of phenolic OH excluding ortho intramolecular Hbond substituents is 1. The van der Waals surface area contributed by atoms with Gasteiger partial charge in [0.1, 0.15) is 0 Å². The van der Waals surface area contributed by atoms with Crippen LogP contribution in [0.1, 0.15) is 0 Å². The molecule has 0 radical (unpaired) electrons. The molecule has 0 amide bonds. The Morgan fingerprint density at radius 2 is 2.05 bits per heavy atom. The molecule has 0 aliphatic rings. The number of nitrogens with zero attached hydrogens (tertiary/aromatic N) is 3. The molecule has 0 fully saturated rings. The topological polar surface area (TPSA) is 81.2 Å². The van der Waals surface area contributed by atoms with Crippen LogP contribution in [0.2, 0.25) is 0 Å². The molecule has 0 saturated heterocycles. The van der Waals surface area contributed by atoms with E-state index < -0.39 is 16.5 Å². The van der Waals surface area contributed by atoms with Gasteiger partial charge in [-0.25, -0.2) is 0 Å². The second-order valence-corrected chi connectivity index (χ2v) is 6.32. The minimum absolute atomic E-state index is 0.0342. The summed E-state index contributed by atoms with van der Waals surface area (Å²) in [6.45, 7) is 0. The van der Waals surface area contributed by atoms with Crippen molar-refractivity contribution in [2.75, 3.05) is 0 Å². The van der Waals surface area contributed by atoms with Crippen LogP contribution < -0.4 is 0 Å². The van der Waals surface area contributed by atoms with E-state index in [0.29, 0.717) is 42.7 Å².